The van der Waals surface area contributed by atoms with Crippen molar-refractivity contribution in [2.45, 2.75) is 41.8 Å². The molecule has 6 nitrogen and oxygen atoms in total. The third-order valence-corrected chi connectivity index (χ3v) is 7.02. The Labute approximate surface area is 166 Å². The van der Waals surface area contributed by atoms with E-state index in [0.29, 0.717) is 9.92 Å². The van der Waals surface area contributed by atoms with E-state index in [1.54, 1.807) is 18.5 Å². The molecular formula is C18H21ClFN5OS. The van der Waals surface area contributed by atoms with Gasteiger partial charge in [-0.2, -0.15) is 4.39 Å². The van der Waals surface area contributed by atoms with Gasteiger partial charge in [-0.25, -0.2) is 15.0 Å². The van der Waals surface area contributed by atoms with Crippen LogP contribution in [-0.2, 0) is 4.74 Å². The Morgan fingerprint density at radius 1 is 1.30 bits per heavy atom. The van der Waals surface area contributed by atoms with Gasteiger partial charge in [-0.05, 0) is 25.8 Å². The van der Waals surface area contributed by atoms with Crippen molar-refractivity contribution in [3.05, 3.63) is 35.6 Å². The van der Waals surface area contributed by atoms with E-state index in [0.717, 1.165) is 38.4 Å². The molecule has 27 heavy (non-hydrogen) atoms. The zero-order valence-corrected chi connectivity index (χ0v) is 16.5. The first-order chi connectivity index (χ1) is 13.0. The highest BCUT2D eigenvalue weighted by Gasteiger charge is 2.47. The summed E-state index contributed by atoms with van der Waals surface area (Å²) in [6, 6.07) is 1.75. The van der Waals surface area contributed by atoms with Gasteiger partial charge in [-0.15, -0.1) is 0 Å². The fourth-order valence-corrected chi connectivity index (χ4v) is 4.74. The fourth-order valence-electron chi connectivity index (χ4n) is 3.77. The Bertz CT molecular complexity index is 816. The molecule has 4 heterocycles. The van der Waals surface area contributed by atoms with Gasteiger partial charge < -0.3 is 15.4 Å². The maximum absolute atomic E-state index is 13.4. The molecule has 1 spiro atoms. The van der Waals surface area contributed by atoms with E-state index in [-0.39, 0.29) is 22.6 Å². The third kappa shape index (κ3) is 3.63. The molecule has 2 N–H and O–H groups in total. The van der Waals surface area contributed by atoms with Crippen LogP contribution in [0.1, 0.15) is 19.8 Å². The van der Waals surface area contributed by atoms with Crippen LogP contribution in [0.15, 0.2) is 34.6 Å². The normalized spacial score (nSPS) is 24.5. The highest BCUT2D eigenvalue weighted by atomic mass is 35.5. The highest BCUT2D eigenvalue weighted by Crippen LogP contribution is 2.41. The number of hydrogen-bond donors (Lipinski definition) is 1. The van der Waals surface area contributed by atoms with Gasteiger partial charge in [-0.1, -0.05) is 23.4 Å². The van der Waals surface area contributed by atoms with Crippen LogP contribution in [0.5, 0.6) is 0 Å². The van der Waals surface area contributed by atoms with E-state index < -0.39 is 5.95 Å². The lowest BCUT2D eigenvalue weighted by atomic mass is 9.73. The number of halogens is 2. The second-order valence-corrected chi connectivity index (χ2v) is 8.56. The molecule has 2 saturated heterocycles. The Balaban J connectivity index is 1.41. The van der Waals surface area contributed by atoms with Crippen molar-refractivity contribution in [1.82, 2.24) is 15.0 Å². The first-order valence-corrected chi connectivity index (χ1v) is 10.1. The Kier molecular flexibility index (Phi) is 5.24. The monoisotopic (exact) mass is 409 g/mol. The molecule has 0 aliphatic carbocycles. The Hall–Kier alpha value is -1.48. The molecule has 2 aliphatic rings. The topological polar surface area (TPSA) is 77.2 Å². The largest absolute Gasteiger partial charge is 0.376 e. The summed E-state index contributed by atoms with van der Waals surface area (Å²) in [7, 11) is 0. The van der Waals surface area contributed by atoms with Crippen molar-refractivity contribution in [3.63, 3.8) is 0 Å². The molecule has 0 saturated carbocycles. The maximum Gasteiger partial charge on any atom is 0.232 e. The Morgan fingerprint density at radius 2 is 2.07 bits per heavy atom. The van der Waals surface area contributed by atoms with Crippen LogP contribution in [0.4, 0.5) is 10.2 Å². The van der Waals surface area contributed by atoms with Gasteiger partial charge in [0.2, 0.25) is 5.95 Å². The van der Waals surface area contributed by atoms with Gasteiger partial charge in [-0.3, -0.25) is 0 Å². The Morgan fingerprint density at radius 3 is 2.70 bits per heavy atom. The van der Waals surface area contributed by atoms with Crippen LogP contribution in [0.2, 0.25) is 5.02 Å². The van der Waals surface area contributed by atoms with Crippen LogP contribution in [0.25, 0.3) is 0 Å². The van der Waals surface area contributed by atoms with E-state index in [4.69, 9.17) is 22.1 Å². The van der Waals surface area contributed by atoms with Crippen LogP contribution in [0.3, 0.4) is 0 Å². The zero-order valence-electron chi connectivity index (χ0n) is 14.9. The number of ether oxygens (including phenoxy) is 1. The summed E-state index contributed by atoms with van der Waals surface area (Å²) in [5.74, 6) is 0.152. The predicted octanol–water partition coefficient (Wildman–Crippen LogP) is 3.15. The molecule has 9 heteroatoms. The van der Waals surface area contributed by atoms with E-state index in [9.17, 15) is 4.39 Å². The zero-order chi connectivity index (χ0) is 19.0. The lowest BCUT2D eigenvalue weighted by Crippen LogP contribution is -2.50. The molecule has 2 aromatic rings. The average molecular weight is 410 g/mol. The summed E-state index contributed by atoms with van der Waals surface area (Å²) in [5, 5.41) is 0.652. The van der Waals surface area contributed by atoms with Crippen molar-refractivity contribution in [2.24, 2.45) is 11.1 Å². The molecule has 2 atom stereocenters. The second kappa shape index (κ2) is 7.50. The van der Waals surface area contributed by atoms with Gasteiger partial charge in [0.25, 0.3) is 0 Å². The van der Waals surface area contributed by atoms with Gasteiger partial charge >= 0.3 is 0 Å². The van der Waals surface area contributed by atoms with E-state index >= 15 is 0 Å². The highest BCUT2D eigenvalue weighted by molar-refractivity contribution is 7.99. The number of piperidine rings is 1. The number of nitrogens with two attached hydrogens (primary N) is 1. The summed E-state index contributed by atoms with van der Waals surface area (Å²) in [6.45, 7) is 4.56. The molecule has 0 bridgehead atoms. The maximum atomic E-state index is 13.4. The molecule has 2 aromatic heterocycles. The van der Waals surface area contributed by atoms with Crippen molar-refractivity contribution in [3.8, 4) is 0 Å². The quantitative estimate of drug-likeness (QED) is 0.780. The SMILES string of the molecule is C[C@@H]1OCC2(CCN(c3cnc(Sc4ccnc(F)c4Cl)cn3)CC2)[C@@H]1N. The summed E-state index contributed by atoms with van der Waals surface area (Å²) in [4.78, 5) is 15.3. The molecule has 2 fully saturated rings. The van der Waals surface area contributed by atoms with Crippen molar-refractivity contribution in [1.29, 1.82) is 0 Å². The van der Waals surface area contributed by atoms with Gasteiger partial charge in [0.05, 0.1) is 25.1 Å². The van der Waals surface area contributed by atoms with Crippen LogP contribution < -0.4 is 10.6 Å². The smallest absolute Gasteiger partial charge is 0.232 e. The number of pyridine rings is 1. The standard InChI is InChI=1S/C18H21ClFN5OS/c1-11-16(21)18(10-26-11)3-6-25(7-4-18)13-8-24-14(9-23-13)27-12-2-5-22-17(20)15(12)19/h2,5,8-9,11,16H,3-4,6-7,10,21H2,1H3/t11-,16+/m0/s1. The molecular weight excluding hydrogens is 389 g/mol. The first-order valence-electron chi connectivity index (χ1n) is 8.90. The number of nitrogens with zero attached hydrogens (tertiary/aromatic N) is 4. The van der Waals surface area contributed by atoms with Crippen molar-refractivity contribution >= 4 is 29.2 Å². The first kappa shape index (κ1) is 18.9. The van der Waals surface area contributed by atoms with Crippen LogP contribution >= 0.6 is 23.4 Å². The number of anilines is 1. The van der Waals surface area contributed by atoms with Crippen molar-refractivity contribution < 1.29 is 9.13 Å². The summed E-state index contributed by atoms with van der Waals surface area (Å²) >= 11 is 7.20. The molecule has 2 aliphatic heterocycles. The van der Waals surface area contributed by atoms with Gasteiger partial charge in [0, 0.05) is 35.6 Å². The van der Waals surface area contributed by atoms with Crippen LogP contribution in [-0.4, -0.2) is 46.8 Å². The lowest BCUT2D eigenvalue weighted by Gasteiger charge is -2.41. The molecule has 0 amide bonds. The minimum absolute atomic E-state index is 0.000875. The predicted molar refractivity (Wildman–Crippen MR) is 103 cm³/mol. The lowest BCUT2D eigenvalue weighted by molar-refractivity contribution is 0.0974. The second-order valence-electron chi connectivity index (χ2n) is 7.12. The summed E-state index contributed by atoms with van der Waals surface area (Å²) < 4.78 is 19.2. The fraction of sp³-hybridized carbons (Fsp3) is 0.500. The summed E-state index contributed by atoms with van der Waals surface area (Å²) in [5.41, 5.74) is 6.46. The molecule has 144 valence electrons. The molecule has 0 unspecified atom stereocenters. The number of aromatic nitrogens is 3. The van der Waals surface area contributed by atoms with E-state index in [1.807, 2.05) is 0 Å². The average Bonchev–Trinajstić information content (AvgIpc) is 2.95. The molecule has 0 radical (unpaired) electrons. The van der Waals surface area contributed by atoms with Gasteiger partial charge in [0.15, 0.2) is 0 Å². The molecule has 4 rings (SSSR count). The molecule has 0 aromatic carbocycles. The summed E-state index contributed by atoms with van der Waals surface area (Å²) in [6.07, 6.45) is 6.92. The van der Waals surface area contributed by atoms with Gasteiger partial charge in [0.1, 0.15) is 15.9 Å². The number of hydrogen-bond acceptors (Lipinski definition) is 7. The van der Waals surface area contributed by atoms with E-state index in [1.165, 1.54) is 18.0 Å². The minimum Gasteiger partial charge on any atom is -0.376 e. The van der Waals surface area contributed by atoms with Crippen molar-refractivity contribution in [2.75, 3.05) is 24.6 Å². The minimum atomic E-state index is -0.683. The third-order valence-electron chi connectivity index (χ3n) is 5.57. The number of rotatable bonds is 3. The van der Waals surface area contributed by atoms with Crippen LogP contribution in [0, 0.1) is 11.4 Å². The van der Waals surface area contributed by atoms with E-state index in [2.05, 4.69) is 26.8 Å².